The van der Waals surface area contributed by atoms with E-state index in [0.29, 0.717) is 17.5 Å². The van der Waals surface area contributed by atoms with Crippen molar-refractivity contribution in [3.8, 4) is 6.07 Å². The van der Waals surface area contributed by atoms with E-state index >= 15 is 0 Å². The molecule has 0 bridgehead atoms. The lowest BCUT2D eigenvalue weighted by Gasteiger charge is -2.07. The predicted molar refractivity (Wildman–Crippen MR) is 52.2 cm³/mol. The molecule has 0 saturated heterocycles. The zero-order valence-electron chi connectivity index (χ0n) is 8.16. The maximum atomic E-state index is 10.9. The third-order valence-corrected chi connectivity index (χ3v) is 2.21. The minimum Gasteiger partial charge on any atom is -0.478 e. The summed E-state index contributed by atoms with van der Waals surface area (Å²) in [4.78, 5) is 10.9. The van der Waals surface area contributed by atoms with Crippen molar-refractivity contribution in [2.45, 2.75) is 20.3 Å². The summed E-state index contributed by atoms with van der Waals surface area (Å²) in [5.74, 6) is -1.03. The molecule has 1 N–H and O–H groups in total. The Morgan fingerprint density at radius 1 is 1.57 bits per heavy atom. The molecule has 1 aromatic carbocycles. The summed E-state index contributed by atoms with van der Waals surface area (Å²) in [5.41, 5.74) is 1.84. The number of aromatic carboxylic acids is 1. The van der Waals surface area contributed by atoms with Crippen LogP contribution in [0.3, 0.4) is 0 Å². The van der Waals surface area contributed by atoms with Gasteiger partial charge in [-0.25, -0.2) is 4.79 Å². The van der Waals surface area contributed by atoms with Gasteiger partial charge in [0.25, 0.3) is 0 Å². The summed E-state index contributed by atoms with van der Waals surface area (Å²) in [6.45, 7) is 3.60. The van der Waals surface area contributed by atoms with E-state index in [1.165, 1.54) is 0 Å². The lowest BCUT2D eigenvalue weighted by atomic mass is 9.96. The molecule has 0 heterocycles. The number of carboxylic acid groups (broad SMARTS) is 1. The van der Waals surface area contributed by atoms with Crippen LogP contribution in [0.4, 0.5) is 0 Å². The number of hydrogen-bond donors (Lipinski definition) is 1. The first kappa shape index (κ1) is 10.3. The Labute approximate surface area is 82.6 Å². The molecule has 1 rings (SSSR count). The number of benzene rings is 1. The molecule has 0 fully saturated rings. The number of hydrogen-bond acceptors (Lipinski definition) is 2. The molecule has 0 aliphatic carbocycles. The Bertz CT molecular complexity index is 416. The Balaban J connectivity index is 3.53. The van der Waals surface area contributed by atoms with Gasteiger partial charge in [-0.15, -0.1) is 0 Å². The van der Waals surface area contributed by atoms with Crippen LogP contribution in [0.2, 0.25) is 0 Å². The van der Waals surface area contributed by atoms with E-state index in [0.717, 1.165) is 5.56 Å². The first-order valence-electron chi connectivity index (χ1n) is 4.37. The average Bonchev–Trinajstić information content (AvgIpc) is 2.16. The van der Waals surface area contributed by atoms with Gasteiger partial charge in [-0.1, -0.05) is 19.1 Å². The summed E-state index contributed by atoms with van der Waals surface area (Å²) in [6.07, 6.45) is 0.670. The van der Waals surface area contributed by atoms with Crippen LogP contribution < -0.4 is 0 Å². The van der Waals surface area contributed by atoms with Crippen molar-refractivity contribution in [2.24, 2.45) is 0 Å². The van der Waals surface area contributed by atoms with Crippen molar-refractivity contribution in [1.82, 2.24) is 0 Å². The molecule has 0 atom stereocenters. The summed E-state index contributed by atoms with van der Waals surface area (Å²) in [7, 11) is 0. The summed E-state index contributed by atoms with van der Waals surface area (Å²) in [5, 5.41) is 17.8. The number of carbonyl (C=O) groups is 1. The van der Waals surface area contributed by atoms with Gasteiger partial charge in [0, 0.05) is 0 Å². The predicted octanol–water partition coefficient (Wildman–Crippen LogP) is 2.13. The van der Waals surface area contributed by atoms with Crippen LogP contribution in [-0.2, 0) is 6.42 Å². The average molecular weight is 189 g/mol. The number of rotatable bonds is 2. The number of nitriles is 1. The Kier molecular flexibility index (Phi) is 2.88. The van der Waals surface area contributed by atoms with Crippen molar-refractivity contribution in [3.63, 3.8) is 0 Å². The van der Waals surface area contributed by atoms with Crippen LogP contribution in [0.5, 0.6) is 0 Å². The van der Waals surface area contributed by atoms with Gasteiger partial charge in [-0.2, -0.15) is 5.26 Å². The van der Waals surface area contributed by atoms with Crippen molar-refractivity contribution in [1.29, 1.82) is 5.26 Å². The Morgan fingerprint density at radius 3 is 2.64 bits per heavy atom. The fourth-order valence-electron chi connectivity index (χ4n) is 1.45. The van der Waals surface area contributed by atoms with Crippen LogP contribution >= 0.6 is 0 Å². The van der Waals surface area contributed by atoms with Gasteiger partial charge in [0.05, 0.1) is 11.1 Å². The highest BCUT2D eigenvalue weighted by Crippen LogP contribution is 2.18. The lowest BCUT2D eigenvalue weighted by Crippen LogP contribution is -2.05. The first-order valence-corrected chi connectivity index (χ1v) is 4.37. The molecule has 0 aromatic heterocycles. The van der Waals surface area contributed by atoms with Gasteiger partial charge >= 0.3 is 5.97 Å². The summed E-state index contributed by atoms with van der Waals surface area (Å²) in [6, 6.07) is 5.50. The minimum atomic E-state index is -1.03. The number of carboxylic acids is 1. The molecule has 0 unspecified atom stereocenters. The molecule has 0 aliphatic heterocycles. The standard InChI is InChI=1S/C11H11NO2/c1-3-8-5-4-7(2)10(11(13)14)9(8)6-12/h4-5H,3H2,1-2H3,(H,13,14). The molecular formula is C11H11NO2. The summed E-state index contributed by atoms with van der Waals surface area (Å²) < 4.78 is 0. The van der Waals surface area contributed by atoms with Crippen molar-refractivity contribution >= 4 is 5.97 Å². The van der Waals surface area contributed by atoms with E-state index in [9.17, 15) is 4.79 Å². The maximum Gasteiger partial charge on any atom is 0.337 e. The maximum absolute atomic E-state index is 10.9. The molecule has 72 valence electrons. The van der Waals surface area contributed by atoms with Crippen molar-refractivity contribution < 1.29 is 9.90 Å². The normalized spacial score (nSPS) is 9.50. The van der Waals surface area contributed by atoms with E-state index < -0.39 is 5.97 Å². The fraction of sp³-hybridized carbons (Fsp3) is 0.273. The third kappa shape index (κ3) is 1.60. The molecule has 3 nitrogen and oxygen atoms in total. The molecular weight excluding hydrogens is 178 g/mol. The molecule has 0 amide bonds. The molecule has 0 spiro atoms. The van der Waals surface area contributed by atoms with Gasteiger partial charge in [-0.3, -0.25) is 0 Å². The lowest BCUT2D eigenvalue weighted by molar-refractivity contribution is 0.0695. The van der Waals surface area contributed by atoms with Gasteiger partial charge in [0.1, 0.15) is 6.07 Å². The second-order valence-electron chi connectivity index (χ2n) is 3.06. The first-order chi connectivity index (χ1) is 6.61. The zero-order chi connectivity index (χ0) is 10.7. The van der Waals surface area contributed by atoms with Crippen molar-refractivity contribution in [2.75, 3.05) is 0 Å². The monoisotopic (exact) mass is 189 g/mol. The van der Waals surface area contributed by atoms with Gasteiger partial charge in [0.2, 0.25) is 0 Å². The Hall–Kier alpha value is -1.82. The van der Waals surface area contributed by atoms with Gasteiger partial charge < -0.3 is 5.11 Å². The van der Waals surface area contributed by atoms with E-state index in [1.807, 2.05) is 13.0 Å². The van der Waals surface area contributed by atoms with Crippen LogP contribution in [-0.4, -0.2) is 11.1 Å². The number of nitrogens with zero attached hydrogens (tertiary/aromatic N) is 1. The SMILES string of the molecule is CCc1ccc(C)c(C(=O)O)c1C#N. The fourth-order valence-corrected chi connectivity index (χ4v) is 1.45. The second-order valence-corrected chi connectivity index (χ2v) is 3.06. The molecule has 1 aromatic rings. The van der Waals surface area contributed by atoms with Crippen LogP contribution in [0.15, 0.2) is 12.1 Å². The van der Waals surface area contributed by atoms with Crippen LogP contribution in [0.25, 0.3) is 0 Å². The highest BCUT2D eigenvalue weighted by Gasteiger charge is 2.15. The largest absolute Gasteiger partial charge is 0.478 e. The van der Waals surface area contributed by atoms with E-state index in [2.05, 4.69) is 0 Å². The Morgan fingerprint density at radius 2 is 2.21 bits per heavy atom. The van der Waals surface area contributed by atoms with Gasteiger partial charge in [-0.05, 0) is 24.5 Å². The smallest absolute Gasteiger partial charge is 0.337 e. The number of aryl methyl sites for hydroxylation is 2. The van der Waals surface area contributed by atoms with E-state index in [4.69, 9.17) is 10.4 Å². The topological polar surface area (TPSA) is 61.1 Å². The second kappa shape index (κ2) is 3.93. The highest BCUT2D eigenvalue weighted by molar-refractivity contribution is 5.92. The quantitative estimate of drug-likeness (QED) is 0.775. The molecule has 14 heavy (non-hydrogen) atoms. The van der Waals surface area contributed by atoms with Crippen LogP contribution in [0.1, 0.15) is 34.0 Å². The van der Waals surface area contributed by atoms with E-state index in [-0.39, 0.29) is 5.56 Å². The molecule has 0 saturated carbocycles. The summed E-state index contributed by atoms with van der Waals surface area (Å²) >= 11 is 0. The van der Waals surface area contributed by atoms with Crippen LogP contribution in [0, 0.1) is 18.3 Å². The van der Waals surface area contributed by atoms with Crippen molar-refractivity contribution in [3.05, 3.63) is 34.4 Å². The molecule has 0 aliphatic rings. The minimum absolute atomic E-state index is 0.131. The highest BCUT2D eigenvalue weighted by atomic mass is 16.4. The van der Waals surface area contributed by atoms with E-state index in [1.54, 1.807) is 19.1 Å². The third-order valence-electron chi connectivity index (χ3n) is 2.21. The zero-order valence-corrected chi connectivity index (χ0v) is 8.16. The molecule has 3 heteroatoms. The van der Waals surface area contributed by atoms with Gasteiger partial charge in [0.15, 0.2) is 0 Å². The molecule has 0 radical (unpaired) electrons.